The third-order valence-electron chi connectivity index (χ3n) is 3.00. The van der Waals surface area contributed by atoms with Crippen molar-refractivity contribution in [2.45, 2.75) is 5.75 Å². The fourth-order valence-corrected chi connectivity index (χ4v) is 3.20. The summed E-state index contributed by atoms with van der Waals surface area (Å²) in [5.74, 6) is 1.77. The fourth-order valence-electron chi connectivity index (χ4n) is 1.81. The second kappa shape index (κ2) is 8.43. The molecule has 0 unspecified atom stereocenters. The van der Waals surface area contributed by atoms with Crippen LogP contribution in [0.3, 0.4) is 0 Å². The van der Waals surface area contributed by atoms with Gasteiger partial charge in [0.25, 0.3) is 0 Å². The number of carbonyl (C=O) groups excluding carboxylic acids is 1. The molecule has 7 heteroatoms. The van der Waals surface area contributed by atoms with E-state index < -0.39 is 0 Å². The number of halogens is 2. The summed E-state index contributed by atoms with van der Waals surface area (Å²) in [6.07, 6.45) is 1.65. The number of nitrogens with one attached hydrogen (secondary N) is 1. The molecule has 0 saturated heterocycles. The van der Waals surface area contributed by atoms with Crippen molar-refractivity contribution in [2.24, 2.45) is 0 Å². The largest absolute Gasteiger partial charge is 0.363 e. The van der Waals surface area contributed by atoms with Gasteiger partial charge in [0.15, 0.2) is 0 Å². The maximum Gasteiger partial charge on any atom is 0.234 e. The van der Waals surface area contributed by atoms with Crippen LogP contribution in [0.25, 0.3) is 0 Å². The number of pyridine rings is 1. The van der Waals surface area contributed by atoms with E-state index in [4.69, 9.17) is 23.2 Å². The molecule has 0 bridgehead atoms. The van der Waals surface area contributed by atoms with Crippen LogP contribution in [0.15, 0.2) is 36.5 Å². The third kappa shape index (κ3) is 5.61. The molecule has 0 spiro atoms. The molecule has 122 valence electrons. The molecule has 1 N–H and O–H groups in total. The van der Waals surface area contributed by atoms with E-state index in [1.54, 1.807) is 18.3 Å². The zero-order chi connectivity index (χ0) is 16.8. The Morgan fingerprint density at radius 1 is 1.26 bits per heavy atom. The number of rotatable bonds is 6. The molecular weight excluding hydrogens is 353 g/mol. The Bertz CT molecular complexity index is 678. The first-order chi connectivity index (χ1) is 11.0. The summed E-state index contributed by atoms with van der Waals surface area (Å²) >= 11 is 13.5. The van der Waals surface area contributed by atoms with E-state index in [1.165, 1.54) is 11.8 Å². The molecule has 0 aliphatic carbocycles. The minimum absolute atomic E-state index is 0.0699. The number of amides is 1. The zero-order valence-corrected chi connectivity index (χ0v) is 15.2. The Balaban J connectivity index is 1.80. The minimum atomic E-state index is -0.0699. The van der Waals surface area contributed by atoms with Crippen molar-refractivity contribution in [3.8, 4) is 0 Å². The Hall–Kier alpha value is -1.43. The number of anilines is 2. The quantitative estimate of drug-likeness (QED) is 0.822. The van der Waals surface area contributed by atoms with Crippen molar-refractivity contribution in [3.63, 3.8) is 0 Å². The van der Waals surface area contributed by atoms with Gasteiger partial charge in [-0.25, -0.2) is 4.98 Å². The summed E-state index contributed by atoms with van der Waals surface area (Å²) in [6.45, 7) is 0. The van der Waals surface area contributed by atoms with E-state index in [-0.39, 0.29) is 5.91 Å². The Kier molecular flexibility index (Phi) is 6.57. The number of aromatic nitrogens is 1. The van der Waals surface area contributed by atoms with Gasteiger partial charge in [0.05, 0.1) is 17.6 Å². The lowest BCUT2D eigenvalue weighted by Gasteiger charge is -2.11. The highest BCUT2D eigenvalue weighted by Gasteiger charge is 2.06. The normalized spacial score (nSPS) is 10.4. The summed E-state index contributed by atoms with van der Waals surface area (Å²) in [6, 6.07) is 9.06. The molecule has 23 heavy (non-hydrogen) atoms. The van der Waals surface area contributed by atoms with E-state index in [9.17, 15) is 4.79 Å². The van der Waals surface area contributed by atoms with Gasteiger partial charge in [0.1, 0.15) is 5.82 Å². The van der Waals surface area contributed by atoms with E-state index in [0.717, 1.165) is 11.4 Å². The smallest absolute Gasteiger partial charge is 0.234 e. The Morgan fingerprint density at radius 3 is 2.65 bits per heavy atom. The van der Waals surface area contributed by atoms with Crippen LogP contribution in [0.5, 0.6) is 0 Å². The number of carbonyl (C=O) groups is 1. The summed E-state index contributed by atoms with van der Waals surface area (Å²) in [5.41, 5.74) is 1.65. The molecule has 2 rings (SSSR count). The molecule has 0 saturated carbocycles. The van der Waals surface area contributed by atoms with Crippen molar-refractivity contribution in [1.82, 2.24) is 4.98 Å². The number of hydrogen-bond donors (Lipinski definition) is 1. The fraction of sp³-hybridized carbons (Fsp3) is 0.250. The van der Waals surface area contributed by atoms with Gasteiger partial charge in [0.2, 0.25) is 5.91 Å². The second-order valence-electron chi connectivity index (χ2n) is 5.08. The molecule has 1 aromatic carbocycles. The lowest BCUT2D eigenvalue weighted by molar-refractivity contribution is -0.113. The van der Waals surface area contributed by atoms with Gasteiger partial charge in [0, 0.05) is 29.9 Å². The van der Waals surface area contributed by atoms with Crippen LogP contribution in [-0.4, -0.2) is 30.7 Å². The summed E-state index contributed by atoms with van der Waals surface area (Å²) < 4.78 is 0. The SMILES string of the molecule is CN(C)c1ccc(NC(=O)CSCc2ccc(Cl)cc2Cl)cn1. The molecule has 0 atom stereocenters. The molecule has 1 amide bonds. The first-order valence-corrected chi connectivity index (χ1v) is 8.81. The summed E-state index contributed by atoms with van der Waals surface area (Å²) in [7, 11) is 3.83. The Morgan fingerprint density at radius 2 is 2.04 bits per heavy atom. The highest BCUT2D eigenvalue weighted by Crippen LogP contribution is 2.24. The second-order valence-corrected chi connectivity index (χ2v) is 6.91. The van der Waals surface area contributed by atoms with Crippen LogP contribution < -0.4 is 10.2 Å². The van der Waals surface area contributed by atoms with Crippen LogP contribution in [0.4, 0.5) is 11.5 Å². The minimum Gasteiger partial charge on any atom is -0.363 e. The number of benzene rings is 1. The van der Waals surface area contributed by atoms with Gasteiger partial charge < -0.3 is 10.2 Å². The van der Waals surface area contributed by atoms with E-state index in [1.807, 2.05) is 37.2 Å². The summed E-state index contributed by atoms with van der Waals surface area (Å²) in [4.78, 5) is 18.1. The van der Waals surface area contributed by atoms with E-state index in [0.29, 0.717) is 27.2 Å². The van der Waals surface area contributed by atoms with Gasteiger partial charge in [-0.2, -0.15) is 0 Å². The van der Waals surface area contributed by atoms with Crippen LogP contribution in [0, 0.1) is 0 Å². The molecule has 0 aliphatic heterocycles. The molecular formula is C16H17Cl2N3OS. The highest BCUT2D eigenvalue weighted by molar-refractivity contribution is 7.99. The highest BCUT2D eigenvalue weighted by atomic mass is 35.5. The molecule has 0 fully saturated rings. The standard InChI is InChI=1S/C16H17Cl2N3OS/c1-21(2)15-6-5-13(8-19-15)20-16(22)10-23-9-11-3-4-12(17)7-14(11)18/h3-8H,9-10H2,1-2H3,(H,20,22). The van der Waals surface area contributed by atoms with Gasteiger partial charge in [-0.3, -0.25) is 4.79 Å². The predicted molar refractivity (Wildman–Crippen MR) is 99.8 cm³/mol. The maximum atomic E-state index is 11.9. The van der Waals surface area contributed by atoms with Crippen LogP contribution >= 0.6 is 35.0 Å². The average Bonchev–Trinajstić information content (AvgIpc) is 2.50. The van der Waals surface area contributed by atoms with Gasteiger partial charge in [-0.1, -0.05) is 29.3 Å². The van der Waals surface area contributed by atoms with Crippen molar-refractivity contribution in [2.75, 3.05) is 30.1 Å². The molecule has 1 heterocycles. The molecule has 1 aromatic heterocycles. The van der Waals surface area contributed by atoms with Crippen molar-refractivity contribution < 1.29 is 4.79 Å². The van der Waals surface area contributed by atoms with Gasteiger partial charge in [-0.05, 0) is 29.8 Å². The van der Waals surface area contributed by atoms with E-state index >= 15 is 0 Å². The van der Waals surface area contributed by atoms with E-state index in [2.05, 4.69) is 10.3 Å². The first-order valence-electron chi connectivity index (χ1n) is 6.90. The van der Waals surface area contributed by atoms with Crippen molar-refractivity contribution in [1.29, 1.82) is 0 Å². The molecule has 0 radical (unpaired) electrons. The summed E-state index contributed by atoms with van der Waals surface area (Å²) in [5, 5.41) is 4.05. The molecule has 4 nitrogen and oxygen atoms in total. The topological polar surface area (TPSA) is 45.2 Å². The number of hydrogen-bond acceptors (Lipinski definition) is 4. The van der Waals surface area contributed by atoms with Gasteiger partial charge in [-0.15, -0.1) is 11.8 Å². The van der Waals surface area contributed by atoms with Crippen LogP contribution in [0.2, 0.25) is 10.0 Å². The van der Waals surface area contributed by atoms with Gasteiger partial charge >= 0.3 is 0 Å². The lowest BCUT2D eigenvalue weighted by atomic mass is 10.2. The molecule has 0 aliphatic rings. The van der Waals surface area contributed by atoms with Crippen LogP contribution in [-0.2, 0) is 10.5 Å². The third-order valence-corrected chi connectivity index (χ3v) is 4.56. The zero-order valence-electron chi connectivity index (χ0n) is 12.8. The lowest BCUT2D eigenvalue weighted by Crippen LogP contribution is -2.15. The average molecular weight is 370 g/mol. The monoisotopic (exact) mass is 369 g/mol. The van der Waals surface area contributed by atoms with Crippen molar-refractivity contribution in [3.05, 3.63) is 52.1 Å². The van der Waals surface area contributed by atoms with Crippen LogP contribution in [0.1, 0.15) is 5.56 Å². The predicted octanol–water partition coefficient (Wildman–Crippen LogP) is 4.33. The van der Waals surface area contributed by atoms with Crippen molar-refractivity contribution >= 4 is 52.4 Å². The maximum absolute atomic E-state index is 11.9. The Labute approximate surface area is 150 Å². The number of thioether (sulfide) groups is 1. The number of nitrogens with zero attached hydrogens (tertiary/aromatic N) is 2. The first kappa shape index (κ1) is 17.9. The molecule has 2 aromatic rings.